The average molecular weight is 495 g/mol. The zero-order valence-electron chi connectivity index (χ0n) is 18.7. The van der Waals surface area contributed by atoms with E-state index in [0.717, 1.165) is 50.3 Å². The van der Waals surface area contributed by atoms with E-state index in [0.29, 0.717) is 12.3 Å². The fourth-order valence-corrected chi connectivity index (χ4v) is 7.56. The lowest BCUT2D eigenvalue weighted by atomic mass is 9.88. The molecule has 0 saturated carbocycles. The lowest BCUT2D eigenvalue weighted by Crippen LogP contribution is -2.12. The van der Waals surface area contributed by atoms with Gasteiger partial charge in [0.25, 0.3) is 0 Å². The molecule has 170 valence electrons. The minimum Gasteiger partial charge on any atom is -0.497 e. The SMILES string of the molecule is COc1ccc(SCCC(=O)Nc2sc3c(c2-c2nc4ccccc4s2)CCC(C)C3)cc1. The maximum Gasteiger partial charge on any atom is 0.225 e. The summed E-state index contributed by atoms with van der Waals surface area (Å²) < 4.78 is 6.39. The molecule has 1 N–H and O–H groups in total. The number of nitrogens with one attached hydrogen (secondary N) is 1. The first-order valence-electron chi connectivity index (χ1n) is 11.2. The van der Waals surface area contributed by atoms with Crippen molar-refractivity contribution in [3.63, 3.8) is 0 Å². The van der Waals surface area contributed by atoms with Gasteiger partial charge in [0.2, 0.25) is 5.91 Å². The van der Waals surface area contributed by atoms with Crippen LogP contribution in [0, 0.1) is 5.92 Å². The number of benzene rings is 2. The average Bonchev–Trinajstić information content (AvgIpc) is 3.39. The number of carbonyl (C=O) groups excluding carboxylic acids is 1. The highest BCUT2D eigenvalue weighted by molar-refractivity contribution is 7.99. The van der Waals surface area contributed by atoms with Gasteiger partial charge >= 0.3 is 0 Å². The summed E-state index contributed by atoms with van der Waals surface area (Å²) in [6.07, 6.45) is 3.80. The number of ether oxygens (including phenoxy) is 1. The highest BCUT2D eigenvalue weighted by Crippen LogP contribution is 2.47. The number of para-hydroxylation sites is 1. The molecule has 2 aromatic heterocycles. The first-order valence-corrected chi connectivity index (χ1v) is 13.8. The molecule has 5 rings (SSSR count). The number of carbonyl (C=O) groups is 1. The van der Waals surface area contributed by atoms with Crippen LogP contribution in [0.2, 0.25) is 0 Å². The zero-order chi connectivity index (χ0) is 22.8. The highest BCUT2D eigenvalue weighted by Gasteiger charge is 2.27. The second-order valence-electron chi connectivity index (χ2n) is 8.36. The molecular formula is C26H26N2O2S3. The summed E-state index contributed by atoms with van der Waals surface area (Å²) in [5.41, 5.74) is 3.56. The van der Waals surface area contributed by atoms with Crippen LogP contribution in [0.4, 0.5) is 5.00 Å². The molecule has 33 heavy (non-hydrogen) atoms. The van der Waals surface area contributed by atoms with Gasteiger partial charge in [-0.1, -0.05) is 19.1 Å². The number of anilines is 1. The van der Waals surface area contributed by atoms with Crippen LogP contribution in [0.15, 0.2) is 53.4 Å². The molecule has 1 aliphatic rings. The van der Waals surface area contributed by atoms with Crippen molar-refractivity contribution in [3.05, 3.63) is 59.0 Å². The molecule has 0 saturated heterocycles. The van der Waals surface area contributed by atoms with E-state index in [1.807, 2.05) is 30.3 Å². The number of thiophene rings is 1. The van der Waals surface area contributed by atoms with Gasteiger partial charge in [-0.25, -0.2) is 4.98 Å². The number of thiazole rings is 1. The summed E-state index contributed by atoms with van der Waals surface area (Å²) in [7, 11) is 1.66. The second-order valence-corrected chi connectivity index (χ2v) is 11.7. The number of thioether (sulfide) groups is 1. The third-order valence-electron chi connectivity index (χ3n) is 5.93. The summed E-state index contributed by atoms with van der Waals surface area (Å²) in [5, 5.41) is 5.23. The number of hydrogen-bond acceptors (Lipinski definition) is 6. The molecule has 0 bridgehead atoms. The highest BCUT2D eigenvalue weighted by atomic mass is 32.2. The first kappa shape index (κ1) is 22.4. The van der Waals surface area contributed by atoms with Gasteiger partial charge in [0.1, 0.15) is 15.8 Å². The van der Waals surface area contributed by atoms with E-state index in [-0.39, 0.29) is 5.91 Å². The lowest BCUT2D eigenvalue weighted by Gasteiger charge is -2.18. The van der Waals surface area contributed by atoms with Gasteiger partial charge in [0.15, 0.2) is 0 Å². The molecule has 0 radical (unpaired) electrons. The summed E-state index contributed by atoms with van der Waals surface area (Å²) >= 11 is 5.15. The molecule has 1 aliphatic carbocycles. The van der Waals surface area contributed by atoms with E-state index < -0.39 is 0 Å². The van der Waals surface area contributed by atoms with E-state index in [1.54, 1.807) is 41.5 Å². The fourth-order valence-electron chi connectivity index (χ4n) is 4.17. The molecule has 1 atom stereocenters. The van der Waals surface area contributed by atoms with Gasteiger partial charge in [-0.05, 0) is 67.1 Å². The Balaban J connectivity index is 1.34. The molecule has 7 heteroatoms. The monoisotopic (exact) mass is 494 g/mol. The van der Waals surface area contributed by atoms with Gasteiger partial charge in [-0.2, -0.15) is 0 Å². The number of aromatic nitrogens is 1. The van der Waals surface area contributed by atoms with Crippen LogP contribution in [0.1, 0.15) is 30.2 Å². The van der Waals surface area contributed by atoms with Crippen molar-refractivity contribution >= 4 is 55.6 Å². The third kappa shape index (κ3) is 4.95. The molecule has 2 aromatic carbocycles. The van der Waals surface area contributed by atoms with Gasteiger partial charge in [0.05, 0.1) is 17.3 Å². The van der Waals surface area contributed by atoms with Gasteiger partial charge < -0.3 is 10.1 Å². The smallest absolute Gasteiger partial charge is 0.225 e. The van der Waals surface area contributed by atoms with E-state index >= 15 is 0 Å². The summed E-state index contributed by atoms with van der Waals surface area (Å²) in [6.45, 7) is 2.31. The van der Waals surface area contributed by atoms with Crippen LogP contribution < -0.4 is 10.1 Å². The lowest BCUT2D eigenvalue weighted by molar-refractivity contribution is -0.115. The van der Waals surface area contributed by atoms with Crippen LogP contribution in [0.25, 0.3) is 20.8 Å². The summed E-state index contributed by atoms with van der Waals surface area (Å²) in [4.78, 5) is 20.4. The summed E-state index contributed by atoms with van der Waals surface area (Å²) in [6, 6.07) is 16.2. The number of amides is 1. The van der Waals surface area contributed by atoms with Gasteiger partial charge in [-0.3, -0.25) is 4.79 Å². The second kappa shape index (κ2) is 9.87. The Kier molecular flexibility index (Phi) is 6.71. The van der Waals surface area contributed by atoms with Crippen molar-refractivity contribution in [1.29, 1.82) is 0 Å². The molecule has 0 spiro atoms. The Bertz CT molecular complexity index is 1240. The van der Waals surface area contributed by atoms with Gasteiger partial charge in [0, 0.05) is 27.5 Å². The first-order chi connectivity index (χ1) is 16.1. The van der Waals surface area contributed by atoms with E-state index in [4.69, 9.17) is 9.72 Å². The van der Waals surface area contributed by atoms with Crippen LogP contribution in [-0.2, 0) is 17.6 Å². The fraction of sp³-hybridized carbons (Fsp3) is 0.308. The molecule has 1 amide bonds. The number of rotatable bonds is 7. The molecule has 4 aromatic rings. The molecule has 0 aliphatic heterocycles. The van der Waals surface area contributed by atoms with Crippen LogP contribution in [-0.4, -0.2) is 23.8 Å². The largest absolute Gasteiger partial charge is 0.497 e. The Morgan fingerprint density at radius 2 is 2.00 bits per heavy atom. The third-order valence-corrected chi connectivity index (χ3v) is 9.17. The van der Waals surface area contributed by atoms with Crippen molar-refractivity contribution < 1.29 is 9.53 Å². The van der Waals surface area contributed by atoms with Crippen molar-refractivity contribution in [1.82, 2.24) is 4.98 Å². The Morgan fingerprint density at radius 1 is 1.18 bits per heavy atom. The Hall–Kier alpha value is -2.35. The predicted octanol–water partition coefficient (Wildman–Crippen LogP) is 7.28. The Morgan fingerprint density at radius 3 is 2.79 bits per heavy atom. The zero-order valence-corrected chi connectivity index (χ0v) is 21.2. The minimum absolute atomic E-state index is 0.0602. The van der Waals surface area contributed by atoms with Crippen LogP contribution in [0.3, 0.4) is 0 Å². The summed E-state index contributed by atoms with van der Waals surface area (Å²) in [5.74, 6) is 2.32. The van der Waals surface area contributed by atoms with E-state index in [9.17, 15) is 4.79 Å². The normalized spacial score (nSPS) is 15.4. The number of fused-ring (bicyclic) bond motifs is 2. The molecule has 1 unspecified atom stereocenters. The van der Waals surface area contributed by atoms with Crippen molar-refractivity contribution in [2.24, 2.45) is 5.92 Å². The van der Waals surface area contributed by atoms with E-state index in [1.165, 1.54) is 21.6 Å². The van der Waals surface area contributed by atoms with Crippen molar-refractivity contribution in [2.45, 2.75) is 37.5 Å². The van der Waals surface area contributed by atoms with Crippen LogP contribution in [0.5, 0.6) is 5.75 Å². The predicted molar refractivity (Wildman–Crippen MR) is 141 cm³/mol. The van der Waals surface area contributed by atoms with Crippen molar-refractivity contribution in [3.8, 4) is 16.3 Å². The maximum absolute atomic E-state index is 12.9. The molecule has 0 fully saturated rings. The standard InChI is InChI=1S/C26H26N2O2S3/c1-16-7-12-19-22(15-16)33-26(24(19)25-27-20-5-3-4-6-21(20)32-25)28-23(29)13-14-31-18-10-8-17(30-2)9-11-18/h3-6,8-11,16H,7,12-15H2,1-2H3,(H,28,29). The number of nitrogens with zero attached hydrogens (tertiary/aromatic N) is 1. The van der Waals surface area contributed by atoms with Crippen LogP contribution >= 0.6 is 34.4 Å². The molecular weight excluding hydrogens is 468 g/mol. The van der Waals surface area contributed by atoms with Gasteiger partial charge in [-0.15, -0.1) is 34.4 Å². The quantitative estimate of drug-likeness (QED) is 0.274. The maximum atomic E-state index is 12.9. The number of methoxy groups -OCH3 is 1. The Labute approximate surface area is 206 Å². The minimum atomic E-state index is 0.0602. The molecule has 4 nitrogen and oxygen atoms in total. The van der Waals surface area contributed by atoms with E-state index in [2.05, 4.69) is 30.4 Å². The number of hydrogen-bond donors (Lipinski definition) is 1. The topological polar surface area (TPSA) is 51.2 Å². The van der Waals surface area contributed by atoms with Crippen molar-refractivity contribution in [2.75, 3.05) is 18.2 Å². The molecule has 2 heterocycles.